The van der Waals surface area contributed by atoms with E-state index < -0.39 is 0 Å². The van der Waals surface area contributed by atoms with Crippen LogP contribution in [0, 0.1) is 6.92 Å². The Kier molecular flexibility index (Phi) is 7.80. The van der Waals surface area contributed by atoms with Gasteiger partial charge in [-0.3, -0.25) is 9.36 Å². The number of ether oxygens (including phenoxy) is 1. The van der Waals surface area contributed by atoms with Gasteiger partial charge in [-0.25, -0.2) is 0 Å². The van der Waals surface area contributed by atoms with Crippen LogP contribution >= 0.6 is 27.7 Å². The van der Waals surface area contributed by atoms with Gasteiger partial charge in [-0.05, 0) is 48.9 Å². The zero-order valence-electron chi connectivity index (χ0n) is 18.1. The van der Waals surface area contributed by atoms with E-state index in [0.717, 1.165) is 27.0 Å². The van der Waals surface area contributed by atoms with Crippen LogP contribution in [0.2, 0.25) is 0 Å². The zero-order chi connectivity index (χ0) is 23.0. The zero-order valence-corrected chi connectivity index (χ0v) is 20.5. The molecule has 0 aliphatic heterocycles. The van der Waals surface area contributed by atoms with Crippen LogP contribution in [0.1, 0.15) is 17.0 Å². The van der Waals surface area contributed by atoms with Crippen LogP contribution in [0.5, 0.6) is 5.75 Å². The van der Waals surface area contributed by atoms with Crippen LogP contribution in [0.25, 0.3) is 0 Å². The molecule has 0 aliphatic rings. The van der Waals surface area contributed by atoms with Crippen molar-refractivity contribution >= 4 is 39.3 Å². The lowest BCUT2D eigenvalue weighted by molar-refractivity contribution is -0.113. The molecule has 1 N–H and O–H groups in total. The number of amides is 1. The minimum absolute atomic E-state index is 0.0919. The predicted molar refractivity (Wildman–Crippen MR) is 135 cm³/mol. The molecular weight excluding hydrogens is 500 g/mol. The topological polar surface area (TPSA) is 69.0 Å². The monoisotopic (exact) mass is 522 g/mol. The van der Waals surface area contributed by atoms with Gasteiger partial charge in [-0.2, -0.15) is 0 Å². The number of benzene rings is 3. The average molecular weight is 523 g/mol. The summed E-state index contributed by atoms with van der Waals surface area (Å²) in [5.41, 5.74) is 3.04. The molecule has 1 heterocycles. The number of nitrogens with one attached hydrogen (secondary N) is 1. The molecule has 4 aromatic rings. The van der Waals surface area contributed by atoms with Crippen molar-refractivity contribution < 1.29 is 9.53 Å². The summed E-state index contributed by atoms with van der Waals surface area (Å²) in [6, 6.07) is 25.5. The van der Waals surface area contributed by atoms with E-state index >= 15 is 0 Å². The largest absolute Gasteiger partial charge is 0.486 e. The van der Waals surface area contributed by atoms with Gasteiger partial charge in [0.25, 0.3) is 0 Å². The number of anilines is 1. The third-order valence-corrected chi connectivity index (χ3v) is 6.32. The number of carbonyl (C=O) groups excluding carboxylic acids is 1. The van der Waals surface area contributed by atoms with Crippen molar-refractivity contribution in [3.05, 3.63) is 100 Å². The van der Waals surface area contributed by atoms with Crippen molar-refractivity contribution in [2.24, 2.45) is 0 Å². The van der Waals surface area contributed by atoms with E-state index in [4.69, 9.17) is 4.74 Å². The number of hydrogen-bond acceptors (Lipinski definition) is 5. The lowest BCUT2D eigenvalue weighted by atomic mass is 10.2. The highest BCUT2D eigenvalue weighted by atomic mass is 79.9. The first-order chi connectivity index (χ1) is 16.1. The van der Waals surface area contributed by atoms with Gasteiger partial charge in [0.2, 0.25) is 5.91 Å². The van der Waals surface area contributed by atoms with Gasteiger partial charge in [0.15, 0.2) is 11.0 Å². The molecule has 0 saturated heterocycles. The molecule has 1 amide bonds. The Morgan fingerprint density at radius 1 is 1.00 bits per heavy atom. The van der Waals surface area contributed by atoms with Crippen LogP contribution in [-0.4, -0.2) is 26.4 Å². The molecule has 4 rings (SSSR count). The summed E-state index contributed by atoms with van der Waals surface area (Å²) >= 11 is 4.79. The minimum Gasteiger partial charge on any atom is -0.486 e. The first-order valence-corrected chi connectivity index (χ1v) is 12.2. The van der Waals surface area contributed by atoms with Gasteiger partial charge in [0.1, 0.15) is 12.4 Å². The van der Waals surface area contributed by atoms with Crippen molar-refractivity contribution in [1.82, 2.24) is 14.8 Å². The summed E-state index contributed by atoms with van der Waals surface area (Å²) in [6.07, 6.45) is 0. The molecular formula is C25H23BrN4O2S. The quantitative estimate of drug-likeness (QED) is 0.285. The first kappa shape index (κ1) is 23.1. The number of rotatable bonds is 9. The van der Waals surface area contributed by atoms with Crippen molar-refractivity contribution in [2.75, 3.05) is 11.1 Å². The Labute approximate surface area is 205 Å². The number of nitrogens with zero attached hydrogens (tertiary/aromatic N) is 3. The molecule has 0 aliphatic carbocycles. The van der Waals surface area contributed by atoms with Crippen molar-refractivity contribution in [3.8, 4) is 5.75 Å². The fourth-order valence-corrected chi connectivity index (χ4v) is 4.12. The van der Waals surface area contributed by atoms with E-state index in [-0.39, 0.29) is 18.3 Å². The van der Waals surface area contributed by atoms with Gasteiger partial charge < -0.3 is 10.1 Å². The number of hydrogen-bond donors (Lipinski definition) is 1. The summed E-state index contributed by atoms with van der Waals surface area (Å²) in [6.45, 7) is 2.88. The Morgan fingerprint density at radius 3 is 2.45 bits per heavy atom. The van der Waals surface area contributed by atoms with Crippen LogP contribution in [0.15, 0.2) is 88.5 Å². The van der Waals surface area contributed by atoms with E-state index in [1.165, 1.54) is 11.8 Å². The lowest BCUT2D eigenvalue weighted by Crippen LogP contribution is -2.15. The predicted octanol–water partition coefficient (Wildman–Crippen LogP) is 5.71. The van der Waals surface area contributed by atoms with Gasteiger partial charge >= 0.3 is 0 Å². The Morgan fingerprint density at radius 2 is 1.73 bits per heavy atom. The number of carbonyl (C=O) groups is 1. The van der Waals surface area contributed by atoms with Gasteiger partial charge in [-0.1, -0.05) is 75.7 Å². The molecule has 168 valence electrons. The maximum absolute atomic E-state index is 12.5. The van der Waals surface area contributed by atoms with E-state index in [9.17, 15) is 4.79 Å². The van der Waals surface area contributed by atoms with Gasteiger partial charge in [-0.15, -0.1) is 10.2 Å². The standard InChI is InChI=1S/C25H23BrN4O2S/c1-18-7-11-21(12-8-18)27-24(31)17-33-25-29-28-23(16-32-22-13-9-20(26)10-14-22)30(25)15-19-5-3-2-4-6-19/h2-14H,15-17H2,1H3,(H,27,31). The second-order valence-electron chi connectivity index (χ2n) is 7.42. The van der Waals surface area contributed by atoms with E-state index in [0.29, 0.717) is 17.5 Å². The van der Waals surface area contributed by atoms with Crippen molar-refractivity contribution in [1.29, 1.82) is 0 Å². The molecule has 1 aromatic heterocycles. The SMILES string of the molecule is Cc1ccc(NC(=O)CSc2nnc(COc3ccc(Br)cc3)n2Cc2ccccc2)cc1. The first-order valence-electron chi connectivity index (χ1n) is 10.4. The highest BCUT2D eigenvalue weighted by molar-refractivity contribution is 9.10. The van der Waals surface area contributed by atoms with Crippen molar-refractivity contribution in [3.63, 3.8) is 0 Å². The van der Waals surface area contributed by atoms with E-state index in [2.05, 4.69) is 43.6 Å². The molecule has 0 spiro atoms. The third kappa shape index (κ3) is 6.69. The van der Waals surface area contributed by atoms with Gasteiger partial charge in [0.05, 0.1) is 12.3 Å². The summed E-state index contributed by atoms with van der Waals surface area (Å²) in [7, 11) is 0. The molecule has 0 saturated carbocycles. The number of aromatic nitrogens is 3. The van der Waals surface area contributed by atoms with Crippen LogP contribution < -0.4 is 10.1 Å². The normalized spacial score (nSPS) is 10.7. The lowest BCUT2D eigenvalue weighted by Gasteiger charge is -2.11. The maximum atomic E-state index is 12.5. The van der Waals surface area contributed by atoms with Gasteiger partial charge in [0, 0.05) is 10.2 Å². The van der Waals surface area contributed by atoms with Crippen LogP contribution in [-0.2, 0) is 17.9 Å². The summed E-state index contributed by atoms with van der Waals surface area (Å²) in [5.74, 6) is 1.59. The molecule has 0 fully saturated rings. The maximum Gasteiger partial charge on any atom is 0.234 e. The molecule has 0 bridgehead atoms. The van der Waals surface area contributed by atoms with E-state index in [1.54, 1.807) is 0 Å². The Bertz CT molecular complexity index is 1200. The molecule has 8 heteroatoms. The number of halogens is 1. The Balaban J connectivity index is 1.45. The molecule has 0 unspecified atom stereocenters. The Hall–Kier alpha value is -3.10. The summed E-state index contributed by atoms with van der Waals surface area (Å²) < 4.78 is 8.91. The molecule has 6 nitrogen and oxygen atoms in total. The minimum atomic E-state index is -0.0919. The molecule has 0 radical (unpaired) electrons. The smallest absolute Gasteiger partial charge is 0.234 e. The van der Waals surface area contributed by atoms with Crippen molar-refractivity contribution in [2.45, 2.75) is 25.2 Å². The second-order valence-corrected chi connectivity index (χ2v) is 9.27. The summed E-state index contributed by atoms with van der Waals surface area (Å²) in [5, 5.41) is 12.3. The number of aryl methyl sites for hydroxylation is 1. The fourth-order valence-electron chi connectivity index (χ4n) is 3.10. The second kappa shape index (κ2) is 11.2. The van der Waals surface area contributed by atoms with E-state index in [1.807, 2.05) is 78.2 Å². The number of thioether (sulfide) groups is 1. The summed E-state index contributed by atoms with van der Waals surface area (Å²) in [4.78, 5) is 12.5. The highest BCUT2D eigenvalue weighted by Gasteiger charge is 2.15. The molecule has 33 heavy (non-hydrogen) atoms. The molecule has 0 atom stereocenters. The average Bonchev–Trinajstić information content (AvgIpc) is 3.21. The highest BCUT2D eigenvalue weighted by Crippen LogP contribution is 2.22. The third-order valence-electron chi connectivity index (χ3n) is 4.83. The fraction of sp³-hybridized carbons (Fsp3) is 0.160. The molecule has 3 aromatic carbocycles. The van der Waals surface area contributed by atoms with Crippen LogP contribution in [0.3, 0.4) is 0 Å². The van der Waals surface area contributed by atoms with Crippen LogP contribution in [0.4, 0.5) is 5.69 Å².